The molecule has 0 radical (unpaired) electrons. The Bertz CT molecular complexity index is 3780. The molecule has 0 bridgehead atoms. The molecular weight excluding hydrogens is 781 g/mol. The lowest BCUT2D eigenvalue weighted by Crippen LogP contribution is -2.25. The fourth-order valence-corrected chi connectivity index (χ4v) is 11.1. The molecule has 2 aliphatic carbocycles. The van der Waals surface area contributed by atoms with Gasteiger partial charge >= 0.3 is 0 Å². The summed E-state index contributed by atoms with van der Waals surface area (Å²) in [7, 11) is 0. The Hall–Kier alpha value is -8.47. The van der Waals surface area contributed by atoms with E-state index in [-0.39, 0.29) is 0 Å². The minimum Gasteiger partial charge on any atom is -0.455 e. The van der Waals surface area contributed by atoms with Crippen LogP contribution < -0.4 is 4.90 Å². The molecule has 4 nitrogen and oxygen atoms in total. The molecule has 4 heteroatoms. The number of hydrogen-bond donors (Lipinski definition) is 0. The second-order valence-corrected chi connectivity index (χ2v) is 17.0. The van der Waals surface area contributed by atoms with Gasteiger partial charge in [-0.2, -0.15) is 0 Å². The number of para-hydroxylation sites is 2. The van der Waals surface area contributed by atoms with Crippen LogP contribution in [0.25, 0.3) is 88.6 Å². The molecule has 1 spiro atoms. The molecule has 2 aliphatic rings. The quantitative estimate of drug-likeness (QED) is 0.174. The third kappa shape index (κ3) is 4.79. The summed E-state index contributed by atoms with van der Waals surface area (Å²) in [5.41, 5.74) is 19.6. The predicted octanol–water partition coefficient (Wildman–Crippen LogP) is 16.0. The zero-order valence-corrected chi connectivity index (χ0v) is 34.5. The molecule has 0 unspecified atom stereocenters. The average molecular weight is 817 g/mol. The smallest absolute Gasteiger partial charge is 0.227 e. The Morgan fingerprint density at radius 1 is 0.375 bits per heavy atom. The minimum absolute atomic E-state index is 0.428. The summed E-state index contributed by atoms with van der Waals surface area (Å²) in [5.74, 6) is 0.584. The molecule has 12 aromatic rings. The van der Waals surface area contributed by atoms with Crippen molar-refractivity contribution < 1.29 is 8.83 Å². The highest BCUT2D eigenvalue weighted by Gasteiger charge is 2.51. The molecule has 0 saturated carbocycles. The topological polar surface area (TPSA) is 42.4 Å². The number of furan rings is 1. The first-order valence-corrected chi connectivity index (χ1v) is 21.9. The molecule has 0 saturated heterocycles. The van der Waals surface area contributed by atoms with Crippen molar-refractivity contribution in [1.29, 1.82) is 0 Å². The van der Waals surface area contributed by atoms with Gasteiger partial charge in [0.2, 0.25) is 5.89 Å². The Balaban J connectivity index is 1.03. The first kappa shape index (κ1) is 35.2. The average Bonchev–Trinajstić information content (AvgIpc) is 4.12. The van der Waals surface area contributed by atoms with Crippen LogP contribution >= 0.6 is 0 Å². The normalized spacial score (nSPS) is 13.1. The van der Waals surface area contributed by atoms with Crippen molar-refractivity contribution in [3.8, 4) is 44.8 Å². The van der Waals surface area contributed by atoms with E-state index >= 15 is 0 Å². The monoisotopic (exact) mass is 816 g/mol. The van der Waals surface area contributed by atoms with Gasteiger partial charge in [0.05, 0.1) is 16.5 Å². The van der Waals surface area contributed by atoms with Crippen LogP contribution in [0.1, 0.15) is 22.3 Å². The van der Waals surface area contributed by atoms with Gasteiger partial charge in [-0.15, -0.1) is 0 Å². The second kappa shape index (κ2) is 13.3. The lowest BCUT2D eigenvalue weighted by molar-refractivity contribution is 0.620. The number of benzene rings is 10. The van der Waals surface area contributed by atoms with Gasteiger partial charge in [-0.05, 0) is 116 Å². The van der Waals surface area contributed by atoms with E-state index in [0.717, 1.165) is 72.0 Å². The molecule has 0 atom stereocenters. The van der Waals surface area contributed by atoms with Gasteiger partial charge in [0, 0.05) is 27.7 Å². The lowest BCUT2D eigenvalue weighted by atomic mass is 9.70. The molecule has 0 amide bonds. The molecule has 0 fully saturated rings. The van der Waals surface area contributed by atoms with Crippen LogP contribution in [0.5, 0.6) is 0 Å². The highest BCUT2D eigenvalue weighted by atomic mass is 16.3. The summed E-state index contributed by atoms with van der Waals surface area (Å²) in [6.07, 6.45) is 0. The van der Waals surface area contributed by atoms with Crippen molar-refractivity contribution in [3.63, 3.8) is 0 Å². The summed E-state index contributed by atoms with van der Waals surface area (Å²) >= 11 is 0. The van der Waals surface area contributed by atoms with E-state index in [0.29, 0.717) is 5.89 Å². The van der Waals surface area contributed by atoms with Crippen molar-refractivity contribution in [1.82, 2.24) is 4.98 Å². The van der Waals surface area contributed by atoms with Crippen LogP contribution in [0.3, 0.4) is 0 Å². The van der Waals surface area contributed by atoms with Gasteiger partial charge in [-0.25, -0.2) is 4.98 Å². The number of fused-ring (bicyclic) bond motifs is 16. The first-order valence-electron chi connectivity index (χ1n) is 21.9. The second-order valence-electron chi connectivity index (χ2n) is 17.0. The van der Waals surface area contributed by atoms with E-state index < -0.39 is 5.41 Å². The molecule has 0 aliphatic heterocycles. The van der Waals surface area contributed by atoms with Crippen molar-refractivity contribution in [2.45, 2.75) is 5.41 Å². The van der Waals surface area contributed by atoms with Gasteiger partial charge in [0.15, 0.2) is 5.58 Å². The SMILES string of the molecule is c1ccc(-c2ccc(N(c3ccc4c(c3)-c3ccccc3C43c4ccccc4-c4ccccc43)c3cccc4oc5c6ccccc6c(-c6nc7ccccc7o6)cc5c34)cc2)cc1. The summed E-state index contributed by atoms with van der Waals surface area (Å²) in [6, 6.07) is 78.6. The maximum atomic E-state index is 6.93. The zero-order chi connectivity index (χ0) is 41.9. The van der Waals surface area contributed by atoms with E-state index in [1.165, 1.54) is 50.1 Å². The van der Waals surface area contributed by atoms with Crippen LogP contribution in [0, 0.1) is 0 Å². The molecule has 0 N–H and O–H groups in total. The standard InChI is InChI=1S/C60H36N2O2/c1-2-15-37(16-3-1)38-29-31-39(32-30-38)62(40-33-34-52-46(35-40)44-20-8-11-24-51(44)60(52)49-22-9-6-18-42(49)43-19-7-10-23-50(43)60)54-26-14-28-56-57(54)48-36-47(41-17-4-5-21-45(41)58(48)63-56)59-61-53-25-12-13-27-55(53)64-59/h1-36H. The molecule has 64 heavy (non-hydrogen) atoms. The van der Waals surface area contributed by atoms with Crippen molar-refractivity contribution in [3.05, 3.63) is 241 Å². The molecular formula is C60H36N2O2. The van der Waals surface area contributed by atoms with Gasteiger partial charge < -0.3 is 13.7 Å². The summed E-state index contributed by atoms with van der Waals surface area (Å²) in [4.78, 5) is 7.40. The molecule has 10 aromatic carbocycles. The number of oxazole rings is 1. The van der Waals surface area contributed by atoms with Crippen LogP contribution in [-0.4, -0.2) is 4.98 Å². The van der Waals surface area contributed by atoms with Gasteiger partial charge in [0.25, 0.3) is 0 Å². The van der Waals surface area contributed by atoms with Crippen molar-refractivity contribution in [2.75, 3.05) is 4.90 Å². The summed E-state index contributed by atoms with van der Waals surface area (Å²) < 4.78 is 13.4. The Kier molecular flexibility index (Phi) is 7.29. The maximum Gasteiger partial charge on any atom is 0.227 e. The molecule has 2 heterocycles. The minimum atomic E-state index is -0.428. The van der Waals surface area contributed by atoms with Crippen molar-refractivity contribution >= 4 is 60.9 Å². The number of nitrogens with zero attached hydrogens (tertiary/aromatic N) is 2. The summed E-state index contributed by atoms with van der Waals surface area (Å²) in [6.45, 7) is 0. The lowest BCUT2D eigenvalue weighted by Gasteiger charge is -2.31. The fraction of sp³-hybridized carbons (Fsp3) is 0.0167. The van der Waals surface area contributed by atoms with Crippen LogP contribution in [-0.2, 0) is 5.41 Å². The largest absolute Gasteiger partial charge is 0.455 e. The number of aromatic nitrogens is 1. The van der Waals surface area contributed by atoms with Gasteiger partial charge in [-0.1, -0.05) is 164 Å². The maximum absolute atomic E-state index is 6.93. The van der Waals surface area contributed by atoms with Gasteiger partial charge in [0.1, 0.15) is 16.7 Å². The van der Waals surface area contributed by atoms with Gasteiger partial charge in [-0.3, -0.25) is 0 Å². The zero-order valence-electron chi connectivity index (χ0n) is 34.5. The first-order chi connectivity index (χ1) is 31.7. The molecule has 2 aromatic heterocycles. The highest BCUT2D eigenvalue weighted by molar-refractivity contribution is 6.22. The fourth-order valence-electron chi connectivity index (χ4n) is 11.1. The third-order valence-corrected chi connectivity index (χ3v) is 13.7. The predicted molar refractivity (Wildman–Crippen MR) is 261 cm³/mol. The van der Waals surface area contributed by atoms with Crippen LogP contribution in [0.2, 0.25) is 0 Å². The number of anilines is 3. The Morgan fingerprint density at radius 2 is 0.953 bits per heavy atom. The van der Waals surface area contributed by atoms with Crippen LogP contribution in [0.15, 0.2) is 227 Å². The Labute approximate surface area is 368 Å². The molecule has 14 rings (SSSR count). The molecule has 298 valence electrons. The van der Waals surface area contributed by atoms with Crippen molar-refractivity contribution in [2.24, 2.45) is 0 Å². The van der Waals surface area contributed by atoms with Crippen LogP contribution in [0.4, 0.5) is 17.1 Å². The highest BCUT2D eigenvalue weighted by Crippen LogP contribution is 2.63. The Morgan fingerprint density at radius 3 is 1.69 bits per heavy atom. The van der Waals surface area contributed by atoms with E-state index in [9.17, 15) is 0 Å². The number of hydrogen-bond acceptors (Lipinski definition) is 4. The van der Waals surface area contributed by atoms with E-state index in [2.05, 4.69) is 199 Å². The third-order valence-electron chi connectivity index (χ3n) is 13.7. The van der Waals surface area contributed by atoms with E-state index in [1.807, 2.05) is 24.3 Å². The number of rotatable bonds is 5. The van der Waals surface area contributed by atoms with E-state index in [4.69, 9.17) is 13.8 Å². The summed E-state index contributed by atoms with van der Waals surface area (Å²) in [5, 5.41) is 4.05. The van der Waals surface area contributed by atoms with E-state index in [1.54, 1.807) is 0 Å².